The predicted octanol–water partition coefficient (Wildman–Crippen LogP) is 3.38. The van der Waals surface area contributed by atoms with Crippen LogP contribution in [0.4, 0.5) is 5.69 Å². The molecule has 2 heterocycles. The van der Waals surface area contributed by atoms with Crippen molar-refractivity contribution in [2.75, 3.05) is 11.9 Å². The molecule has 0 radical (unpaired) electrons. The Hall–Kier alpha value is -2.29. The van der Waals surface area contributed by atoms with E-state index in [1.807, 2.05) is 16.9 Å². The molecule has 1 aromatic heterocycles. The summed E-state index contributed by atoms with van der Waals surface area (Å²) in [5.74, 6) is 0. The maximum atomic E-state index is 4.50. The zero-order valence-electron chi connectivity index (χ0n) is 10.6. The first-order valence-electron chi connectivity index (χ1n) is 6.72. The Balaban J connectivity index is 1.88. The number of nitrogens with zero attached hydrogens (tertiary/aromatic N) is 2. The average molecular weight is 249 g/mol. The molecule has 1 aliphatic rings. The van der Waals surface area contributed by atoms with Gasteiger partial charge in [0.2, 0.25) is 0 Å². The zero-order chi connectivity index (χ0) is 12.7. The third kappa shape index (κ3) is 1.70. The third-order valence-electron chi connectivity index (χ3n) is 3.75. The molecule has 19 heavy (non-hydrogen) atoms. The first-order chi connectivity index (χ1) is 9.42. The fourth-order valence-electron chi connectivity index (χ4n) is 2.76. The van der Waals surface area contributed by atoms with E-state index < -0.39 is 0 Å². The van der Waals surface area contributed by atoms with Gasteiger partial charge in [-0.3, -0.25) is 0 Å². The minimum atomic E-state index is 1.07. The standard InChI is InChI=1S/C16H15N3/c1-2-6-16-13(4-1)11-18-19(16)14-8-7-12-5-3-9-17-15(12)10-14/h1-2,4,6-8,10-11,17H,3,5,9H2. The maximum Gasteiger partial charge on any atom is 0.0741 e. The van der Waals surface area contributed by atoms with Crippen LogP contribution in [0.5, 0.6) is 0 Å². The van der Waals surface area contributed by atoms with Crippen molar-refractivity contribution < 1.29 is 0 Å². The maximum absolute atomic E-state index is 4.50. The van der Waals surface area contributed by atoms with E-state index in [-0.39, 0.29) is 0 Å². The highest BCUT2D eigenvalue weighted by Gasteiger charge is 2.11. The lowest BCUT2D eigenvalue weighted by atomic mass is 10.0. The molecule has 94 valence electrons. The smallest absolute Gasteiger partial charge is 0.0741 e. The molecule has 0 atom stereocenters. The van der Waals surface area contributed by atoms with Crippen molar-refractivity contribution >= 4 is 16.6 Å². The highest BCUT2D eigenvalue weighted by molar-refractivity contribution is 5.80. The number of fused-ring (bicyclic) bond motifs is 2. The van der Waals surface area contributed by atoms with Crippen LogP contribution in [0.15, 0.2) is 48.7 Å². The van der Waals surface area contributed by atoms with Crippen LogP contribution in [0.3, 0.4) is 0 Å². The van der Waals surface area contributed by atoms with Gasteiger partial charge in [-0.2, -0.15) is 5.10 Å². The van der Waals surface area contributed by atoms with E-state index >= 15 is 0 Å². The summed E-state index contributed by atoms with van der Waals surface area (Å²) < 4.78 is 2.01. The van der Waals surface area contributed by atoms with Gasteiger partial charge in [0.1, 0.15) is 0 Å². The molecule has 3 nitrogen and oxygen atoms in total. The Kier molecular flexibility index (Phi) is 2.30. The average Bonchev–Trinajstić information content (AvgIpc) is 2.91. The van der Waals surface area contributed by atoms with Gasteiger partial charge in [-0.25, -0.2) is 4.68 Å². The van der Waals surface area contributed by atoms with Crippen molar-refractivity contribution in [2.24, 2.45) is 0 Å². The number of aryl methyl sites for hydroxylation is 1. The Labute approximate surface area is 111 Å². The lowest BCUT2D eigenvalue weighted by Gasteiger charge is -2.18. The lowest BCUT2D eigenvalue weighted by molar-refractivity contribution is 0.826. The molecule has 4 rings (SSSR count). The fraction of sp³-hybridized carbons (Fsp3) is 0.188. The topological polar surface area (TPSA) is 29.9 Å². The zero-order valence-corrected chi connectivity index (χ0v) is 10.6. The second-order valence-corrected chi connectivity index (χ2v) is 4.99. The van der Waals surface area contributed by atoms with E-state index in [9.17, 15) is 0 Å². The van der Waals surface area contributed by atoms with Crippen molar-refractivity contribution in [3.63, 3.8) is 0 Å². The predicted molar refractivity (Wildman–Crippen MR) is 77.9 cm³/mol. The van der Waals surface area contributed by atoms with E-state index in [4.69, 9.17) is 0 Å². The Morgan fingerprint density at radius 2 is 2.05 bits per heavy atom. The van der Waals surface area contributed by atoms with E-state index in [1.54, 1.807) is 0 Å². The Bertz CT molecular complexity index is 743. The molecule has 0 amide bonds. The van der Waals surface area contributed by atoms with Crippen LogP contribution in [0.2, 0.25) is 0 Å². The fourth-order valence-corrected chi connectivity index (χ4v) is 2.76. The molecule has 0 aliphatic carbocycles. The summed E-state index contributed by atoms with van der Waals surface area (Å²) in [4.78, 5) is 0. The first kappa shape index (κ1) is 10.6. The van der Waals surface area contributed by atoms with Gasteiger partial charge < -0.3 is 5.32 Å². The van der Waals surface area contributed by atoms with E-state index in [0.29, 0.717) is 0 Å². The molecule has 0 saturated carbocycles. The minimum Gasteiger partial charge on any atom is -0.385 e. The van der Waals surface area contributed by atoms with Crippen LogP contribution in [0, 0.1) is 0 Å². The molecular weight excluding hydrogens is 234 g/mol. The molecule has 1 aliphatic heterocycles. The summed E-state index contributed by atoms with van der Waals surface area (Å²) >= 11 is 0. The van der Waals surface area contributed by atoms with Crippen molar-refractivity contribution in [1.82, 2.24) is 9.78 Å². The quantitative estimate of drug-likeness (QED) is 0.716. The number of rotatable bonds is 1. The molecule has 1 N–H and O–H groups in total. The summed E-state index contributed by atoms with van der Waals surface area (Å²) in [5.41, 5.74) is 4.93. The Morgan fingerprint density at radius 3 is 3.05 bits per heavy atom. The van der Waals surface area contributed by atoms with Gasteiger partial charge in [-0.05, 0) is 36.6 Å². The molecule has 0 fully saturated rings. The summed E-state index contributed by atoms with van der Waals surface area (Å²) in [5, 5.41) is 9.15. The van der Waals surface area contributed by atoms with E-state index in [2.05, 4.69) is 46.8 Å². The van der Waals surface area contributed by atoms with Crippen LogP contribution in [-0.2, 0) is 6.42 Å². The van der Waals surface area contributed by atoms with Crippen molar-refractivity contribution in [1.29, 1.82) is 0 Å². The van der Waals surface area contributed by atoms with Crippen molar-refractivity contribution in [2.45, 2.75) is 12.8 Å². The van der Waals surface area contributed by atoms with Gasteiger partial charge in [0.15, 0.2) is 0 Å². The van der Waals surface area contributed by atoms with Crippen LogP contribution in [0.1, 0.15) is 12.0 Å². The molecule has 0 bridgehead atoms. The number of hydrogen-bond acceptors (Lipinski definition) is 2. The molecule has 0 saturated heterocycles. The van der Waals surface area contributed by atoms with Gasteiger partial charge in [0, 0.05) is 17.6 Å². The molecule has 3 heteroatoms. The number of para-hydroxylation sites is 1. The summed E-state index contributed by atoms with van der Waals surface area (Å²) in [6, 6.07) is 14.9. The van der Waals surface area contributed by atoms with Gasteiger partial charge in [0.25, 0.3) is 0 Å². The van der Waals surface area contributed by atoms with Gasteiger partial charge >= 0.3 is 0 Å². The molecule has 0 unspecified atom stereocenters. The lowest BCUT2D eigenvalue weighted by Crippen LogP contribution is -2.12. The normalized spacial score (nSPS) is 14.1. The van der Waals surface area contributed by atoms with Gasteiger partial charge in [-0.1, -0.05) is 24.3 Å². The van der Waals surface area contributed by atoms with E-state index in [1.165, 1.54) is 29.5 Å². The van der Waals surface area contributed by atoms with Crippen molar-refractivity contribution in [3.05, 3.63) is 54.2 Å². The number of nitrogens with one attached hydrogen (secondary N) is 1. The highest BCUT2D eigenvalue weighted by atomic mass is 15.3. The summed E-state index contributed by atoms with van der Waals surface area (Å²) in [6.45, 7) is 1.07. The second kappa shape index (κ2) is 4.12. The highest BCUT2D eigenvalue weighted by Crippen LogP contribution is 2.26. The summed E-state index contributed by atoms with van der Waals surface area (Å²) in [6.07, 6.45) is 4.31. The molecule has 2 aromatic carbocycles. The number of anilines is 1. The van der Waals surface area contributed by atoms with Crippen LogP contribution in [-0.4, -0.2) is 16.3 Å². The number of hydrogen-bond donors (Lipinski definition) is 1. The molecule has 0 spiro atoms. The number of benzene rings is 2. The monoisotopic (exact) mass is 249 g/mol. The minimum absolute atomic E-state index is 1.07. The first-order valence-corrected chi connectivity index (χ1v) is 6.72. The SMILES string of the molecule is c1ccc2c(c1)cnn2-c1ccc2c(c1)NCCC2. The van der Waals surface area contributed by atoms with Gasteiger partial charge in [-0.15, -0.1) is 0 Å². The van der Waals surface area contributed by atoms with Crippen LogP contribution < -0.4 is 5.32 Å². The van der Waals surface area contributed by atoms with E-state index in [0.717, 1.165) is 17.7 Å². The molecule has 3 aromatic rings. The van der Waals surface area contributed by atoms with Crippen molar-refractivity contribution in [3.8, 4) is 5.69 Å². The molecular formula is C16H15N3. The largest absolute Gasteiger partial charge is 0.385 e. The summed E-state index contributed by atoms with van der Waals surface area (Å²) in [7, 11) is 0. The second-order valence-electron chi connectivity index (χ2n) is 4.99. The number of aromatic nitrogens is 2. The van der Waals surface area contributed by atoms with Crippen LogP contribution >= 0.6 is 0 Å². The van der Waals surface area contributed by atoms with Gasteiger partial charge in [0.05, 0.1) is 17.4 Å². The van der Waals surface area contributed by atoms with Crippen LogP contribution in [0.25, 0.3) is 16.6 Å². The Morgan fingerprint density at radius 1 is 1.11 bits per heavy atom. The third-order valence-corrected chi connectivity index (χ3v) is 3.75.